The molecule has 2 heterocycles. The van der Waals surface area contributed by atoms with Crippen LogP contribution < -0.4 is 10.9 Å². The summed E-state index contributed by atoms with van der Waals surface area (Å²) in [4.78, 5) is 26.5. The summed E-state index contributed by atoms with van der Waals surface area (Å²) < 4.78 is 10.6. The first-order valence-corrected chi connectivity index (χ1v) is 10.4. The fraction of sp³-hybridized carbons (Fsp3) is 0.174. The normalized spacial score (nSPS) is 12.8. The molecule has 0 bridgehead atoms. The Bertz CT molecular complexity index is 1400. The minimum Gasteiger partial charge on any atom is -0.465 e. The number of benzene rings is 2. The van der Waals surface area contributed by atoms with E-state index in [1.807, 2.05) is 30.3 Å². The number of methoxy groups -OCH3 is 1. The Labute approximate surface area is 175 Å². The lowest BCUT2D eigenvalue weighted by Gasteiger charge is -2.09. The van der Waals surface area contributed by atoms with Crippen LogP contribution in [0.1, 0.15) is 37.6 Å². The van der Waals surface area contributed by atoms with Crippen molar-refractivity contribution in [2.75, 3.05) is 12.4 Å². The van der Waals surface area contributed by atoms with Crippen molar-refractivity contribution in [3.8, 4) is 0 Å². The van der Waals surface area contributed by atoms with Gasteiger partial charge in [0.15, 0.2) is 0 Å². The second-order valence-corrected chi connectivity index (χ2v) is 8.30. The highest BCUT2D eigenvalue weighted by molar-refractivity contribution is 7.17. The lowest BCUT2D eigenvalue weighted by molar-refractivity contribution is 0.0601. The number of anilines is 1. The molecule has 0 aliphatic heterocycles. The molecule has 1 aliphatic rings. The van der Waals surface area contributed by atoms with E-state index in [0.717, 1.165) is 45.9 Å². The van der Waals surface area contributed by atoms with E-state index in [1.165, 1.54) is 18.4 Å². The first-order chi connectivity index (χ1) is 14.6. The summed E-state index contributed by atoms with van der Waals surface area (Å²) >= 11 is 1.40. The molecule has 6 nitrogen and oxygen atoms in total. The van der Waals surface area contributed by atoms with E-state index in [4.69, 9.17) is 14.6 Å². The molecule has 2 aromatic heterocycles. The third kappa shape index (κ3) is 2.90. The van der Waals surface area contributed by atoms with Crippen molar-refractivity contribution in [2.24, 2.45) is 0 Å². The van der Waals surface area contributed by atoms with Gasteiger partial charge in [-0.3, -0.25) is 10.2 Å². The molecule has 0 fully saturated rings. The number of hydrogen-bond donors (Lipinski definition) is 2. The van der Waals surface area contributed by atoms with E-state index in [-0.39, 0.29) is 11.1 Å². The number of rotatable bonds is 3. The maximum Gasteiger partial charge on any atom is 0.341 e. The van der Waals surface area contributed by atoms with E-state index in [2.05, 4.69) is 5.32 Å². The predicted molar refractivity (Wildman–Crippen MR) is 115 cm³/mol. The zero-order valence-corrected chi connectivity index (χ0v) is 17.0. The number of aryl methyl sites for hydroxylation is 1. The maximum atomic E-state index is 13.1. The standard InChI is InChI=1S/C23H18N2O4S/c1-28-23(27)19-14-7-4-8-18(14)30-22(19)25-21(26)16-11-15-13-6-3-2-5-12(13)9-10-17(15)29-20(16)24/h2-3,5-6,9-11,24H,4,7-8H2,1H3,(H,25,26). The summed E-state index contributed by atoms with van der Waals surface area (Å²) in [5, 5.41) is 14.2. The van der Waals surface area contributed by atoms with Gasteiger partial charge in [-0.05, 0) is 47.7 Å². The molecule has 4 aromatic rings. The van der Waals surface area contributed by atoms with Crippen LogP contribution >= 0.6 is 11.3 Å². The molecule has 0 spiro atoms. The van der Waals surface area contributed by atoms with Crippen molar-refractivity contribution in [1.29, 1.82) is 5.41 Å². The van der Waals surface area contributed by atoms with Gasteiger partial charge in [0.05, 0.1) is 12.7 Å². The summed E-state index contributed by atoms with van der Waals surface area (Å²) in [5.74, 6) is -0.936. The first-order valence-electron chi connectivity index (χ1n) is 9.61. The largest absolute Gasteiger partial charge is 0.465 e. The van der Waals surface area contributed by atoms with Crippen LogP contribution in [0.15, 0.2) is 46.9 Å². The highest BCUT2D eigenvalue weighted by Crippen LogP contribution is 2.39. The predicted octanol–water partition coefficient (Wildman–Crippen LogP) is 4.65. The summed E-state index contributed by atoms with van der Waals surface area (Å²) in [7, 11) is 1.34. The van der Waals surface area contributed by atoms with Crippen LogP contribution in [0.2, 0.25) is 0 Å². The minimum atomic E-state index is -0.483. The number of carbonyl (C=O) groups excluding carboxylic acids is 2. The second-order valence-electron chi connectivity index (χ2n) is 7.19. The molecule has 0 unspecified atom stereocenters. The van der Waals surface area contributed by atoms with Crippen molar-refractivity contribution in [2.45, 2.75) is 19.3 Å². The highest BCUT2D eigenvalue weighted by atomic mass is 32.1. The Hall–Kier alpha value is -3.45. The van der Waals surface area contributed by atoms with Gasteiger partial charge >= 0.3 is 5.97 Å². The Morgan fingerprint density at radius 2 is 1.97 bits per heavy atom. The van der Waals surface area contributed by atoms with Crippen molar-refractivity contribution in [3.63, 3.8) is 0 Å². The van der Waals surface area contributed by atoms with Gasteiger partial charge in [0.2, 0.25) is 5.55 Å². The molecule has 30 heavy (non-hydrogen) atoms. The third-order valence-electron chi connectivity index (χ3n) is 5.46. The van der Waals surface area contributed by atoms with Gasteiger partial charge < -0.3 is 14.5 Å². The van der Waals surface area contributed by atoms with E-state index in [1.54, 1.807) is 12.1 Å². The number of thiophene rings is 1. The van der Waals surface area contributed by atoms with Gasteiger partial charge in [-0.2, -0.15) is 0 Å². The SMILES string of the molecule is COC(=O)c1c(NC(=O)c2cc3c(ccc4ccccc43)oc2=N)sc2c1CCC2. The smallest absolute Gasteiger partial charge is 0.341 e. The Morgan fingerprint density at radius 1 is 1.13 bits per heavy atom. The van der Waals surface area contributed by atoms with Gasteiger partial charge in [0.1, 0.15) is 16.1 Å². The van der Waals surface area contributed by atoms with Gasteiger partial charge in [-0.25, -0.2) is 4.79 Å². The lowest BCUT2D eigenvalue weighted by Crippen LogP contribution is -2.21. The fourth-order valence-corrected chi connectivity index (χ4v) is 5.31. The molecular weight excluding hydrogens is 400 g/mol. The number of fused-ring (bicyclic) bond motifs is 4. The number of esters is 1. The molecule has 0 atom stereocenters. The molecule has 0 saturated carbocycles. The fourth-order valence-electron chi connectivity index (χ4n) is 4.04. The number of ether oxygens (including phenoxy) is 1. The maximum absolute atomic E-state index is 13.1. The van der Waals surface area contributed by atoms with Crippen molar-refractivity contribution < 1.29 is 18.7 Å². The average molecular weight is 418 g/mol. The zero-order chi connectivity index (χ0) is 20.8. The number of amides is 1. The van der Waals surface area contributed by atoms with Crippen LogP contribution in [0.4, 0.5) is 5.00 Å². The molecular formula is C23H18N2O4S. The zero-order valence-electron chi connectivity index (χ0n) is 16.2. The second kappa shape index (κ2) is 7.11. The van der Waals surface area contributed by atoms with Gasteiger partial charge in [0, 0.05) is 10.3 Å². The van der Waals surface area contributed by atoms with Crippen LogP contribution in [0.5, 0.6) is 0 Å². The molecule has 5 rings (SSSR count). The Kier molecular flexibility index (Phi) is 4.40. The molecule has 1 amide bonds. The monoisotopic (exact) mass is 418 g/mol. The third-order valence-corrected chi connectivity index (χ3v) is 6.67. The number of carbonyl (C=O) groups is 2. The van der Waals surface area contributed by atoms with E-state index in [0.29, 0.717) is 16.1 Å². The van der Waals surface area contributed by atoms with Crippen LogP contribution in [0, 0.1) is 5.41 Å². The average Bonchev–Trinajstić information content (AvgIpc) is 3.33. The number of hydrogen-bond acceptors (Lipinski definition) is 6. The molecule has 0 radical (unpaired) electrons. The van der Waals surface area contributed by atoms with Gasteiger partial charge in [-0.1, -0.05) is 30.3 Å². The van der Waals surface area contributed by atoms with Crippen LogP contribution in [-0.4, -0.2) is 19.0 Å². The van der Waals surface area contributed by atoms with E-state index >= 15 is 0 Å². The van der Waals surface area contributed by atoms with Gasteiger partial charge in [0.25, 0.3) is 5.91 Å². The first kappa shape index (κ1) is 18.6. The van der Waals surface area contributed by atoms with E-state index < -0.39 is 11.9 Å². The van der Waals surface area contributed by atoms with Crippen LogP contribution in [0.25, 0.3) is 21.7 Å². The molecule has 0 saturated heterocycles. The molecule has 2 aromatic carbocycles. The van der Waals surface area contributed by atoms with Crippen molar-refractivity contribution >= 4 is 50.0 Å². The Morgan fingerprint density at radius 3 is 2.80 bits per heavy atom. The van der Waals surface area contributed by atoms with Crippen molar-refractivity contribution in [1.82, 2.24) is 0 Å². The van der Waals surface area contributed by atoms with E-state index in [9.17, 15) is 9.59 Å². The quantitative estimate of drug-likeness (QED) is 0.374. The summed E-state index contributed by atoms with van der Waals surface area (Å²) in [6.45, 7) is 0. The Balaban J connectivity index is 1.59. The molecule has 7 heteroatoms. The molecule has 1 aliphatic carbocycles. The lowest BCUT2D eigenvalue weighted by atomic mass is 10.0. The minimum absolute atomic E-state index is 0.114. The molecule has 150 valence electrons. The summed E-state index contributed by atoms with van der Waals surface area (Å²) in [6, 6.07) is 13.2. The van der Waals surface area contributed by atoms with Crippen LogP contribution in [0.3, 0.4) is 0 Å². The van der Waals surface area contributed by atoms with Crippen molar-refractivity contribution in [3.05, 3.63) is 69.6 Å². The molecule has 2 N–H and O–H groups in total. The van der Waals surface area contributed by atoms with Crippen LogP contribution in [-0.2, 0) is 17.6 Å². The van der Waals surface area contributed by atoms with Gasteiger partial charge in [-0.15, -0.1) is 11.3 Å². The summed E-state index contributed by atoms with van der Waals surface area (Å²) in [6.07, 6.45) is 2.68. The summed E-state index contributed by atoms with van der Waals surface area (Å²) in [5.41, 5.74) is 1.82. The highest BCUT2D eigenvalue weighted by Gasteiger charge is 2.28. The topological polar surface area (TPSA) is 92.4 Å². The number of nitrogens with one attached hydrogen (secondary N) is 2.